The summed E-state index contributed by atoms with van der Waals surface area (Å²) in [6, 6.07) is 0. The fourth-order valence-corrected chi connectivity index (χ4v) is 4.40. The van der Waals surface area contributed by atoms with Crippen LogP contribution in [0, 0.1) is 5.92 Å². The smallest absolute Gasteiger partial charge is 0.306 e. The highest BCUT2D eigenvalue weighted by molar-refractivity contribution is 5.72. The lowest BCUT2D eigenvalue weighted by atomic mass is 9.89. The number of aliphatic carboxylic acids is 2. The van der Waals surface area contributed by atoms with Crippen molar-refractivity contribution in [2.75, 3.05) is 0 Å². The molecule has 0 radical (unpaired) electrons. The highest BCUT2D eigenvalue weighted by Crippen LogP contribution is 2.27. The summed E-state index contributed by atoms with van der Waals surface area (Å²) in [4.78, 5) is 21.6. The van der Waals surface area contributed by atoms with Crippen molar-refractivity contribution in [3.63, 3.8) is 0 Å². The molecule has 158 valence electrons. The van der Waals surface area contributed by atoms with Gasteiger partial charge in [-0.2, -0.15) is 0 Å². The highest BCUT2D eigenvalue weighted by atomic mass is 16.4. The monoisotopic (exact) mass is 384 g/mol. The van der Waals surface area contributed by atoms with Crippen molar-refractivity contribution < 1.29 is 24.9 Å². The van der Waals surface area contributed by atoms with Crippen LogP contribution in [0.1, 0.15) is 116 Å². The molecule has 1 fully saturated rings. The predicted octanol–water partition coefficient (Wildman–Crippen LogP) is 5.54. The van der Waals surface area contributed by atoms with Gasteiger partial charge in [0.15, 0.2) is 0 Å². The van der Waals surface area contributed by atoms with E-state index in [1.807, 2.05) is 0 Å². The standard InChI is InChI=1S/C22H40O5/c23-20(24)17-22(27,18-21(25)26)16-12-8-4-2-1-3-5-9-13-19-14-10-6-7-11-15-19/h19,27H,1-18H2,(H,23,24)(H,25,26). The lowest BCUT2D eigenvalue weighted by molar-refractivity contribution is -0.149. The van der Waals surface area contributed by atoms with Crippen molar-refractivity contribution in [1.82, 2.24) is 0 Å². The number of carboxylic acid groups (broad SMARTS) is 2. The maximum Gasteiger partial charge on any atom is 0.306 e. The molecule has 0 spiro atoms. The topological polar surface area (TPSA) is 94.8 Å². The SMILES string of the molecule is O=C(O)CC(O)(CCCCCCCCCCC1CCCCCC1)CC(=O)O. The van der Waals surface area contributed by atoms with Crippen LogP contribution in [-0.4, -0.2) is 32.9 Å². The molecule has 5 nitrogen and oxygen atoms in total. The molecule has 0 unspecified atom stereocenters. The van der Waals surface area contributed by atoms with Gasteiger partial charge in [-0.25, -0.2) is 0 Å². The second-order valence-corrected chi connectivity index (χ2v) is 8.59. The van der Waals surface area contributed by atoms with Gasteiger partial charge in [0.1, 0.15) is 0 Å². The molecule has 3 N–H and O–H groups in total. The third kappa shape index (κ3) is 12.8. The average molecular weight is 385 g/mol. The van der Waals surface area contributed by atoms with Gasteiger partial charge >= 0.3 is 11.9 Å². The van der Waals surface area contributed by atoms with Gasteiger partial charge in [0, 0.05) is 0 Å². The number of rotatable bonds is 15. The molecule has 0 aromatic rings. The predicted molar refractivity (Wildman–Crippen MR) is 107 cm³/mol. The number of unbranched alkanes of at least 4 members (excludes halogenated alkanes) is 7. The zero-order valence-electron chi connectivity index (χ0n) is 17.0. The van der Waals surface area contributed by atoms with E-state index in [2.05, 4.69) is 0 Å². The number of aliphatic hydroxyl groups is 1. The van der Waals surface area contributed by atoms with E-state index >= 15 is 0 Å². The first-order chi connectivity index (χ1) is 12.9. The molecule has 0 heterocycles. The van der Waals surface area contributed by atoms with E-state index in [1.54, 1.807) is 0 Å². The zero-order valence-corrected chi connectivity index (χ0v) is 17.0. The van der Waals surface area contributed by atoms with Gasteiger partial charge in [-0.05, 0) is 12.3 Å². The summed E-state index contributed by atoms with van der Waals surface area (Å²) in [5, 5.41) is 27.9. The van der Waals surface area contributed by atoms with Gasteiger partial charge in [0.25, 0.3) is 0 Å². The second kappa shape index (κ2) is 14.0. The fraction of sp³-hybridized carbons (Fsp3) is 0.909. The molecule has 1 saturated carbocycles. The molecular weight excluding hydrogens is 344 g/mol. The van der Waals surface area contributed by atoms with Gasteiger partial charge in [-0.1, -0.05) is 96.3 Å². The Hall–Kier alpha value is -1.10. The minimum atomic E-state index is -1.62. The van der Waals surface area contributed by atoms with Crippen LogP contribution in [0.25, 0.3) is 0 Å². The van der Waals surface area contributed by atoms with Crippen LogP contribution < -0.4 is 0 Å². The lowest BCUT2D eigenvalue weighted by Gasteiger charge is -2.24. The summed E-state index contributed by atoms with van der Waals surface area (Å²) >= 11 is 0. The fourth-order valence-electron chi connectivity index (χ4n) is 4.40. The summed E-state index contributed by atoms with van der Waals surface area (Å²) in [5.74, 6) is -1.33. The summed E-state index contributed by atoms with van der Waals surface area (Å²) in [6.45, 7) is 0. The van der Waals surface area contributed by atoms with Crippen LogP contribution in [0.4, 0.5) is 0 Å². The van der Waals surface area contributed by atoms with Crippen LogP contribution >= 0.6 is 0 Å². The van der Waals surface area contributed by atoms with Gasteiger partial charge in [0.05, 0.1) is 18.4 Å². The van der Waals surface area contributed by atoms with E-state index in [0.717, 1.165) is 18.8 Å². The van der Waals surface area contributed by atoms with Crippen molar-refractivity contribution in [2.45, 2.75) is 121 Å². The molecule has 5 heteroatoms. The van der Waals surface area contributed by atoms with E-state index in [1.165, 1.54) is 77.0 Å². The Labute approximate surface area is 164 Å². The van der Waals surface area contributed by atoms with E-state index < -0.39 is 30.4 Å². The first kappa shape index (κ1) is 23.9. The molecule has 0 atom stereocenters. The van der Waals surface area contributed by atoms with Crippen molar-refractivity contribution in [3.8, 4) is 0 Å². The van der Waals surface area contributed by atoms with E-state index in [4.69, 9.17) is 10.2 Å². The molecule has 0 amide bonds. The molecule has 0 saturated heterocycles. The Balaban J connectivity index is 1.99. The van der Waals surface area contributed by atoms with Crippen molar-refractivity contribution >= 4 is 11.9 Å². The van der Waals surface area contributed by atoms with E-state index in [9.17, 15) is 14.7 Å². The molecule has 1 aliphatic rings. The Kier molecular flexibility index (Phi) is 12.4. The number of carbonyl (C=O) groups is 2. The highest BCUT2D eigenvalue weighted by Gasteiger charge is 2.32. The number of carboxylic acids is 2. The maximum absolute atomic E-state index is 10.8. The normalized spacial score (nSPS) is 16.2. The van der Waals surface area contributed by atoms with Crippen LogP contribution in [0.15, 0.2) is 0 Å². The van der Waals surface area contributed by atoms with Gasteiger partial charge in [-0.3, -0.25) is 9.59 Å². The number of hydrogen-bond acceptors (Lipinski definition) is 3. The Morgan fingerprint density at radius 3 is 1.63 bits per heavy atom. The summed E-state index contributed by atoms with van der Waals surface area (Å²) in [5.41, 5.74) is -1.62. The molecule has 0 aromatic carbocycles. The minimum Gasteiger partial charge on any atom is -0.481 e. The molecule has 1 rings (SSSR count). The third-order valence-corrected chi connectivity index (χ3v) is 5.94. The molecule has 0 aliphatic heterocycles. The Morgan fingerprint density at radius 2 is 1.15 bits per heavy atom. The molecule has 0 aromatic heterocycles. The van der Waals surface area contributed by atoms with Crippen molar-refractivity contribution in [2.24, 2.45) is 5.92 Å². The van der Waals surface area contributed by atoms with Crippen LogP contribution in [-0.2, 0) is 9.59 Å². The molecule has 27 heavy (non-hydrogen) atoms. The molecule has 0 bridgehead atoms. The van der Waals surface area contributed by atoms with Gasteiger partial charge < -0.3 is 15.3 Å². The quantitative estimate of drug-likeness (QED) is 0.254. The summed E-state index contributed by atoms with van der Waals surface area (Å²) < 4.78 is 0. The van der Waals surface area contributed by atoms with E-state index in [-0.39, 0.29) is 6.42 Å². The average Bonchev–Trinajstić information content (AvgIpc) is 2.83. The number of hydrogen-bond donors (Lipinski definition) is 3. The van der Waals surface area contributed by atoms with Gasteiger partial charge in [0.2, 0.25) is 0 Å². The first-order valence-electron chi connectivity index (χ1n) is 11.1. The van der Waals surface area contributed by atoms with Gasteiger partial charge in [-0.15, -0.1) is 0 Å². The van der Waals surface area contributed by atoms with Crippen LogP contribution in [0.5, 0.6) is 0 Å². The summed E-state index contributed by atoms with van der Waals surface area (Å²) in [6.07, 6.45) is 18.3. The largest absolute Gasteiger partial charge is 0.481 e. The van der Waals surface area contributed by atoms with Crippen LogP contribution in [0.2, 0.25) is 0 Å². The van der Waals surface area contributed by atoms with Crippen molar-refractivity contribution in [1.29, 1.82) is 0 Å². The Morgan fingerprint density at radius 1 is 0.704 bits per heavy atom. The van der Waals surface area contributed by atoms with Crippen LogP contribution in [0.3, 0.4) is 0 Å². The first-order valence-corrected chi connectivity index (χ1v) is 11.1. The maximum atomic E-state index is 10.8. The third-order valence-electron chi connectivity index (χ3n) is 5.94. The summed E-state index contributed by atoms with van der Waals surface area (Å²) in [7, 11) is 0. The zero-order chi connectivity index (χ0) is 20.0. The Bertz CT molecular complexity index is 397. The molecular formula is C22H40O5. The lowest BCUT2D eigenvalue weighted by Crippen LogP contribution is -2.34. The molecule has 1 aliphatic carbocycles. The van der Waals surface area contributed by atoms with E-state index in [0.29, 0.717) is 6.42 Å². The minimum absolute atomic E-state index is 0.243. The van der Waals surface area contributed by atoms with Crippen molar-refractivity contribution in [3.05, 3.63) is 0 Å². The second-order valence-electron chi connectivity index (χ2n) is 8.59.